The van der Waals surface area contributed by atoms with Gasteiger partial charge in [0.15, 0.2) is 15.4 Å². The Labute approximate surface area is 98.8 Å². The standard InChI is InChI=1S/C4H4O2S.C3HCl2NS/c5-3-1-4(6)7-2-3;4-2-1-7-3(5)6-2/h1-2H2;1H. The number of thioether (sulfide) groups is 1. The highest BCUT2D eigenvalue weighted by molar-refractivity contribution is 8.14. The van der Waals surface area contributed by atoms with Crippen molar-refractivity contribution >= 4 is 57.2 Å². The first-order valence-corrected chi connectivity index (χ1v) is 6.14. The molecule has 0 radical (unpaired) electrons. The predicted octanol–water partition coefficient (Wildman–Crippen LogP) is 2.67. The number of aromatic nitrogens is 1. The van der Waals surface area contributed by atoms with Gasteiger partial charge >= 0.3 is 0 Å². The Hall–Kier alpha value is -0.100. The lowest BCUT2D eigenvalue weighted by Crippen LogP contribution is -1.91. The quantitative estimate of drug-likeness (QED) is 0.680. The van der Waals surface area contributed by atoms with E-state index < -0.39 is 0 Å². The third-order valence-corrected chi connectivity index (χ3v) is 3.42. The zero-order valence-corrected chi connectivity index (χ0v) is 9.97. The topological polar surface area (TPSA) is 47.0 Å². The van der Waals surface area contributed by atoms with Crippen LogP contribution in [0.25, 0.3) is 0 Å². The second-order valence-electron chi connectivity index (χ2n) is 2.30. The molecule has 0 bridgehead atoms. The van der Waals surface area contributed by atoms with Gasteiger partial charge in [-0.3, -0.25) is 9.59 Å². The normalized spacial score (nSPS) is 15.3. The maximum atomic E-state index is 10.2. The second kappa shape index (κ2) is 5.70. The van der Waals surface area contributed by atoms with Crippen LogP contribution in [0.4, 0.5) is 0 Å². The number of thiazole rings is 1. The van der Waals surface area contributed by atoms with Crippen molar-refractivity contribution in [2.75, 3.05) is 5.75 Å². The van der Waals surface area contributed by atoms with Crippen LogP contribution in [0.5, 0.6) is 0 Å². The Morgan fingerprint density at radius 1 is 1.36 bits per heavy atom. The predicted molar refractivity (Wildman–Crippen MR) is 59.2 cm³/mol. The van der Waals surface area contributed by atoms with E-state index in [1.165, 1.54) is 11.3 Å². The number of rotatable bonds is 0. The number of halogens is 2. The van der Waals surface area contributed by atoms with E-state index in [4.69, 9.17) is 23.2 Å². The summed E-state index contributed by atoms with van der Waals surface area (Å²) in [5.74, 6) is 0.466. The highest BCUT2D eigenvalue weighted by Gasteiger charge is 2.18. The highest BCUT2D eigenvalue weighted by atomic mass is 35.5. The lowest BCUT2D eigenvalue weighted by molar-refractivity contribution is -0.120. The van der Waals surface area contributed by atoms with Crippen LogP contribution < -0.4 is 0 Å². The van der Waals surface area contributed by atoms with Crippen LogP contribution in [-0.2, 0) is 9.59 Å². The van der Waals surface area contributed by atoms with Gasteiger partial charge in [0, 0.05) is 5.38 Å². The minimum Gasteiger partial charge on any atom is -0.298 e. The largest absolute Gasteiger partial charge is 0.298 e. The minimum absolute atomic E-state index is 0.0185. The number of hydrogen-bond acceptors (Lipinski definition) is 5. The fourth-order valence-corrected chi connectivity index (χ4v) is 2.28. The first kappa shape index (κ1) is 12.0. The van der Waals surface area contributed by atoms with Crippen molar-refractivity contribution < 1.29 is 9.59 Å². The Balaban J connectivity index is 0.000000140. The fraction of sp³-hybridized carbons (Fsp3) is 0.286. The van der Waals surface area contributed by atoms with Crippen molar-refractivity contribution in [1.29, 1.82) is 0 Å². The van der Waals surface area contributed by atoms with Crippen molar-refractivity contribution in [2.45, 2.75) is 6.42 Å². The Morgan fingerprint density at radius 2 is 2.07 bits per heavy atom. The van der Waals surface area contributed by atoms with Gasteiger partial charge in [0.25, 0.3) is 0 Å². The molecule has 1 saturated heterocycles. The molecule has 0 aromatic carbocycles. The van der Waals surface area contributed by atoms with E-state index in [1.54, 1.807) is 5.38 Å². The fourth-order valence-electron chi connectivity index (χ4n) is 0.658. The zero-order valence-electron chi connectivity index (χ0n) is 6.83. The zero-order chi connectivity index (χ0) is 10.6. The van der Waals surface area contributed by atoms with Gasteiger partial charge in [0.1, 0.15) is 5.15 Å². The highest BCUT2D eigenvalue weighted by Crippen LogP contribution is 2.17. The summed E-state index contributed by atoms with van der Waals surface area (Å²) >= 11 is 13.2. The van der Waals surface area contributed by atoms with Gasteiger partial charge in [-0.05, 0) is 0 Å². The van der Waals surface area contributed by atoms with Crippen LogP contribution in [0.2, 0.25) is 9.62 Å². The lowest BCUT2D eigenvalue weighted by atomic mass is 10.3. The molecule has 0 unspecified atom stereocenters. The summed E-state index contributed by atoms with van der Waals surface area (Å²) in [5, 5.41) is 2.17. The molecule has 76 valence electrons. The van der Waals surface area contributed by atoms with E-state index >= 15 is 0 Å². The molecule has 0 aliphatic carbocycles. The second-order valence-corrected chi connectivity index (χ2v) is 5.16. The first-order valence-electron chi connectivity index (χ1n) is 3.52. The average molecular weight is 270 g/mol. The SMILES string of the molecule is Clc1csc(Cl)n1.O=C1CSC(=O)C1. The molecule has 2 heterocycles. The number of carbonyl (C=O) groups is 2. The molecular formula is C7H5Cl2NO2S2. The Morgan fingerprint density at radius 3 is 2.21 bits per heavy atom. The molecule has 1 aliphatic rings. The molecule has 3 nitrogen and oxygen atoms in total. The van der Waals surface area contributed by atoms with E-state index in [0.717, 1.165) is 11.8 Å². The monoisotopic (exact) mass is 269 g/mol. The van der Waals surface area contributed by atoms with Gasteiger partial charge in [-0.2, -0.15) is 0 Å². The van der Waals surface area contributed by atoms with Gasteiger partial charge in [-0.25, -0.2) is 4.98 Å². The molecule has 0 atom stereocenters. The summed E-state index contributed by atoms with van der Waals surface area (Å²) in [4.78, 5) is 24.1. The molecule has 1 aromatic rings. The number of carbonyl (C=O) groups excluding carboxylic acids is 2. The van der Waals surface area contributed by atoms with Gasteiger partial charge in [-0.1, -0.05) is 35.0 Å². The summed E-state index contributed by atoms with van der Waals surface area (Å²) in [5.41, 5.74) is 0. The van der Waals surface area contributed by atoms with E-state index in [-0.39, 0.29) is 17.3 Å². The molecule has 0 saturated carbocycles. The van der Waals surface area contributed by atoms with E-state index in [2.05, 4.69) is 4.98 Å². The average Bonchev–Trinajstić information content (AvgIpc) is 2.63. The van der Waals surface area contributed by atoms with Crippen LogP contribution in [0, 0.1) is 0 Å². The maximum Gasteiger partial charge on any atom is 0.196 e. The molecule has 1 aromatic heterocycles. The molecule has 2 rings (SSSR count). The van der Waals surface area contributed by atoms with E-state index in [9.17, 15) is 9.59 Å². The summed E-state index contributed by atoms with van der Waals surface area (Å²) in [7, 11) is 0. The molecule has 14 heavy (non-hydrogen) atoms. The van der Waals surface area contributed by atoms with Gasteiger partial charge in [-0.15, -0.1) is 11.3 Å². The molecule has 7 heteroatoms. The summed E-state index contributed by atoms with van der Waals surface area (Å²) in [6.45, 7) is 0. The Kier molecular flexibility index (Phi) is 4.88. The minimum atomic E-state index is 0.0185. The van der Waals surface area contributed by atoms with Gasteiger partial charge < -0.3 is 0 Å². The number of nitrogens with zero attached hydrogens (tertiary/aromatic N) is 1. The van der Waals surface area contributed by atoms with Crippen LogP contribution in [-0.4, -0.2) is 21.6 Å². The summed E-state index contributed by atoms with van der Waals surface area (Å²) in [6, 6.07) is 0. The molecule has 0 spiro atoms. The van der Waals surface area contributed by atoms with E-state index in [0.29, 0.717) is 15.4 Å². The van der Waals surface area contributed by atoms with Crippen LogP contribution in [0.1, 0.15) is 6.42 Å². The van der Waals surface area contributed by atoms with Crippen molar-refractivity contribution in [1.82, 2.24) is 4.98 Å². The third kappa shape index (κ3) is 4.41. The van der Waals surface area contributed by atoms with Crippen LogP contribution >= 0.6 is 46.3 Å². The van der Waals surface area contributed by atoms with E-state index in [1.807, 2.05) is 0 Å². The van der Waals surface area contributed by atoms with Gasteiger partial charge in [0.2, 0.25) is 0 Å². The van der Waals surface area contributed by atoms with Crippen molar-refractivity contribution in [2.24, 2.45) is 0 Å². The van der Waals surface area contributed by atoms with Crippen molar-refractivity contribution in [3.05, 3.63) is 15.0 Å². The number of ketones is 1. The Bertz CT molecular complexity index is 323. The van der Waals surface area contributed by atoms with Gasteiger partial charge in [0.05, 0.1) is 12.2 Å². The lowest BCUT2D eigenvalue weighted by Gasteiger charge is -1.69. The molecule has 1 aliphatic heterocycles. The summed E-state index contributed by atoms with van der Waals surface area (Å²) < 4.78 is 0.491. The number of hydrogen-bond donors (Lipinski definition) is 0. The van der Waals surface area contributed by atoms with Crippen LogP contribution in [0.15, 0.2) is 5.38 Å². The van der Waals surface area contributed by atoms with Crippen molar-refractivity contribution in [3.63, 3.8) is 0 Å². The summed E-state index contributed by atoms with van der Waals surface area (Å²) in [6.07, 6.45) is 0.157. The molecule has 0 N–H and O–H groups in total. The molecular weight excluding hydrogens is 265 g/mol. The number of Topliss-reactive ketones (excluding diaryl/α,β-unsaturated/α-hetero) is 1. The van der Waals surface area contributed by atoms with Crippen LogP contribution in [0.3, 0.4) is 0 Å². The van der Waals surface area contributed by atoms with Crippen molar-refractivity contribution in [3.8, 4) is 0 Å². The maximum absolute atomic E-state index is 10.2. The molecule has 0 amide bonds. The third-order valence-electron chi connectivity index (χ3n) is 1.18. The first-order chi connectivity index (χ1) is 6.58. The smallest absolute Gasteiger partial charge is 0.196 e. The molecule has 1 fully saturated rings.